The smallest absolute Gasteiger partial charge is 0.180 e. The standard InChI is InChI=1S/C14H18FNO2/c1-10-4-6-16(7-5-10)9-14(18)12-8-11(15)2-3-13(12)17/h2-3,8,10,17H,4-7,9H2,1H3. The summed E-state index contributed by atoms with van der Waals surface area (Å²) in [5.74, 6) is -0.157. The molecular formula is C14H18FNO2. The zero-order chi connectivity index (χ0) is 13.1. The van der Waals surface area contributed by atoms with Gasteiger partial charge in [0.15, 0.2) is 5.78 Å². The van der Waals surface area contributed by atoms with Crippen molar-refractivity contribution in [2.45, 2.75) is 19.8 Å². The van der Waals surface area contributed by atoms with Gasteiger partial charge in [-0.15, -0.1) is 0 Å². The van der Waals surface area contributed by atoms with Crippen molar-refractivity contribution in [3.05, 3.63) is 29.6 Å². The lowest BCUT2D eigenvalue weighted by Gasteiger charge is -2.29. The van der Waals surface area contributed by atoms with Gasteiger partial charge in [0.1, 0.15) is 11.6 Å². The van der Waals surface area contributed by atoms with E-state index in [2.05, 4.69) is 11.8 Å². The Balaban J connectivity index is 2.01. The second-order valence-electron chi connectivity index (χ2n) is 5.04. The highest BCUT2D eigenvalue weighted by Crippen LogP contribution is 2.20. The summed E-state index contributed by atoms with van der Waals surface area (Å²) in [5.41, 5.74) is 0.0774. The minimum absolute atomic E-state index is 0.0774. The van der Waals surface area contributed by atoms with E-state index in [-0.39, 0.29) is 23.6 Å². The molecule has 1 aromatic rings. The van der Waals surface area contributed by atoms with Crippen molar-refractivity contribution < 1.29 is 14.3 Å². The number of likely N-dealkylation sites (tertiary alicyclic amines) is 1. The summed E-state index contributed by atoms with van der Waals surface area (Å²) < 4.78 is 13.1. The van der Waals surface area contributed by atoms with E-state index in [1.54, 1.807) is 0 Å². The van der Waals surface area contributed by atoms with E-state index in [0.717, 1.165) is 38.1 Å². The third-order valence-corrected chi connectivity index (χ3v) is 3.50. The summed E-state index contributed by atoms with van der Waals surface area (Å²) in [6.45, 7) is 4.24. The Morgan fingerprint density at radius 2 is 2.11 bits per heavy atom. The Labute approximate surface area is 106 Å². The summed E-state index contributed by atoms with van der Waals surface area (Å²) in [4.78, 5) is 14.1. The van der Waals surface area contributed by atoms with Gasteiger partial charge in [-0.1, -0.05) is 6.92 Å². The lowest BCUT2D eigenvalue weighted by atomic mass is 9.98. The van der Waals surface area contributed by atoms with E-state index in [1.807, 2.05) is 0 Å². The molecule has 1 aliphatic heterocycles. The van der Waals surface area contributed by atoms with Crippen LogP contribution in [0.3, 0.4) is 0 Å². The first-order valence-corrected chi connectivity index (χ1v) is 6.30. The Morgan fingerprint density at radius 3 is 2.78 bits per heavy atom. The zero-order valence-electron chi connectivity index (χ0n) is 10.5. The molecule has 1 aromatic carbocycles. The molecule has 1 heterocycles. The number of nitrogens with zero attached hydrogens (tertiary/aromatic N) is 1. The molecule has 0 amide bonds. The molecule has 0 atom stereocenters. The molecule has 0 saturated carbocycles. The third kappa shape index (κ3) is 3.07. The average molecular weight is 251 g/mol. The van der Waals surface area contributed by atoms with Gasteiger partial charge in [0.2, 0.25) is 0 Å². The van der Waals surface area contributed by atoms with Gasteiger partial charge < -0.3 is 5.11 Å². The van der Waals surface area contributed by atoms with Crippen LogP contribution in [0.1, 0.15) is 30.1 Å². The number of benzene rings is 1. The molecule has 3 nitrogen and oxygen atoms in total. The highest BCUT2D eigenvalue weighted by Gasteiger charge is 2.20. The number of Topliss-reactive ketones (excluding diaryl/α,β-unsaturated/α-hetero) is 1. The molecule has 0 aromatic heterocycles. The summed E-state index contributed by atoms with van der Waals surface area (Å²) in [6, 6.07) is 3.47. The zero-order valence-corrected chi connectivity index (χ0v) is 10.5. The number of hydrogen-bond donors (Lipinski definition) is 1. The number of carbonyl (C=O) groups excluding carboxylic acids is 1. The molecule has 1 N–H and O–H groups in total. The van der Waals surface area contributed by atoms with Gasteiger partial charge in [0, 0.05) is 0 Å². The summed E-state index contributed by atoms with van der Waals surface area (Å²) in [6.07, 6.45) is 2.17. The fourth-order valence-electron chi connectivity index (χ4n) is 2.24. The normalized spacial score (nSPS) is 17.9. The van der Waals surface area contributed by atoms with Crippen LogP contribution in [-0.2, 0) is 0 Å². The number of aromatic hydroxyl groups is 1. The van der Waals surface area contributed by atoms with Crippen molar-refractivity contribution in [3.63, 3.8) is 0 Å². The Morgan fingerprint density at radius 1 is 1.44 bits per heavy atom. The molecule has 18 heavy (non-hydrogen) atoms. The molecule has 0 unspecified atom stereocenters. The van der Waals surface area contributed by atoms with Gasteiger partial charge in [0.05, 0.1) is 12.1 Å². The Hall–Kier alpha value is -1.42. The topological polar surface area (TPSA) is 40.5 Å². The quantitative estimate of drug-likeness (QED) is 0.839. The van der Waals surface area contributed by atoms with Crippen LogP contribution in [0.5, 0.6) is 5.75 Å². The largest absolute Gasteiger partial charge is 0.507 e. The number of phenolic OH excluding ortho intramolecular Hbond substituents is 1. The maximum Gasteiger partial charge on any atom is 0.180 e. The number of phenols is 1. The van der Waals surface area contributed by atoms with Crippen LogP contribution in [-0.4, -0.2) is 35.4 Å². The number of ketones is 1. The fourth-order valence-corrected chi connectivity index (χ4v) is 2.24. The number of rotatable bonds is 3. The second-order valence-corrected chi connectivity index (χ2v) is 5.04. The van der Waals surface area contributed by atoms with Crippen LogP contribution >= 0.6 is 0 Å². The monoisotopic (exact) mass is 251 g/mol. The van der Waals surface area contributed by atoms with Gasteiger partial charge in [-0.05, 0) is 50.0 Å². The molecule has 0 radical (unpaired) electrons. The molecule has 4 heteroatoms. The first kappa shape index (κ1) is 13.0. The highest BCUT2D eigenvalue weighted by molar-refractivity contribution is 6.00. The molecular weight excluding hydrogens is 233 g/mol. The molecule has 0 aliphatic carbocycles. The van der Waals surface area contributed by atoms with E-state index in [1.165, 1.54) is 6.07 Å². The SMILES string of the molecule is CC1CCN(CC(=O)c2cc(F)ccc2O)CC1. The first-order chi connectivity index (χ1) is 8.56. The average Bonchev–Trinajstić information content (AvgIpc) is 2.35. The minimum Gasteiger partial charge on any atom is -0.507 e. The number of halogens is 1. The van der Waals surface area contributed by atoms with Crippen LogP contribution in [0.2, 0.25) is 0 Å². The number of carbonyl (C=O) groups is 1. The van der Waals surface area contributed by atoms with Gasteiger partial charge in [0.25, 0.3) is 0 Å². The van der Waals surface area contributed by atoms with Crippen LogP contribution in [0.25, 0.3) is 0 Å². The molecule has 1 aliphatic rings. The number of hydrogen-bond acceptors (Lipinski definition) is 3. The molecule has 0 spiro atoms. The molecule has 1 saturated heterocycles. The molecule has 98 valence electrons. The highest BCUT2D eigenvalue weighted by atomic mass is 19.1. The maximum absolute atomic E-state index is 13.1. The summed E-state index contributed by atoms with van der Waals surface area (Å²) in [5, 5.41) is 9.57. The first-order valence-electron chi connectivity index (χ1n) is 6.30. The Kier molecular flexibility index (Phi) is 3.97. The van der Waals surface area contributed by atoms with Crippen molar-refractivity contribution in [2.75, 3.05) is 19.6 Å². The summed E-state index contributed by atoms with van der Waals surface area (Å²) >= 11 is 0. The predicted molar refractivity (Wildman–Crippen MR) is 67.2 cm³/mol. The van der Waals surface area contributed by atoms with Crippen molar-refractivity contribution >= 4 is 5.78 Å². The minimum atomic E-state index is -0.497. The molecule has 1 fully saturated rings. The van der Waals surface area contributed by atoms with Crippen molar-refractivity contribution in [1.29, 1.82) is 0 Å². The van der Waals surface area contributed by atoms with Gasteiger partial charge in [-0.2, -0.15) is 0 Å². The van der Waals surface area contributed by atoms with Gasteiger partial charge in [-0.3, -0.25) is 9.69 Å². The van der Waals surface area contributed by atoms with Crippen molar-refractivity contribution in [2.24, 2.45) is 5.92 Å². The van der Waals surface area contributed by atoms with Crippen LogP contribution in [0.15, 0.2) is 18.2 Å². The van der Waals surface area contributed by atoms with Crippen LogP contribution in [0.4, 0.5) is 4.39 Å². The van der Waals surface area contributed by atoms with Crippen molar-refractivity contribution in [1.82, 2.24) is 4.90 Å². The third-order valence-electron chi connectivity index (χ3n) is 3.50. The molecule has 0 bridgehead atoms. The van der Waals surface area contributed by atoms with Crippen LogP contribution in [0, 0.1) is 11.7 Å². The van der Waals surface area contributed by atoms with E-state index in [4.69, 9.17) is 0 Å². The maximum atomic E-state index is 13.1. The predicted octanol–water partition coefficient (Wildman–Crippen LogP) is 2.45. The lowest BCUT2D eigenvalue weighted by molar-refractivity contribution is 0.0896. The van der Waals surface area contributed by atoms with Crippen LogP contribution < -0.4 is 0 Å². The fraction of sp³-hybridized carbons (Fsp3) is 0.500. The van der Waals surface area contributed by atoms with E-state index in [9.17, 15) is 14.3 Å². The van der Waals surface area contributed by atoms with E-state index >= 15 is 0 Å². The van der Waals surface area contributed by atoms with Gasteiger partial charge in [-0.25, -0.2) is 4.39 Å². The van der Waals surface area contributed by atoms with Gasteiger partial charge >= 0.3 is 0 Å². The second kappa shape index (κ2) is 5.48. The van der Waals surface area contributed by atoms with E-state index < -0.39 is 5.82 Å². The molecule has 2 rings (SSSR count). The van der Waals surface area contributed by atoms with Crippen molar-refractivity contribution in [3.8, 4) is 5.75 Å². The summed E-state index contributed by atoms with van der Waals surface area (Å²) in [7, 11) is 0. The Bertz CT molecular complexity index is 439. The lowest BCUT2D eigenvalue weighted by Crippen LogP contribution is -2.36. The van der Waals surface area contributed by atoms with E-state index in [0.29, 0.717) is 5.92 Å². The number of piperidine rings is 1.